The second-order valence-corrected chi connectivity index (χ2v) is 11.1. The Labute approximate surface area is 260 Å². The summed E-state index contributed by atoms with van der Waals surface area (Å²) in [6.07, 6.45) is 0.425. The number of rotatable bonds is 8. The van der Waals surface area contributed by atoms with Gasteiger partial charge in [0.25, 0.3) is 11.8 Å². The fraction of sp³-hybridized carbons (Fsp3) is 0.156. The molecular weight excluding hydrogens is 598 g/mol. The molecule has 0 bridgehead atoms. The molecule has 1 atom stereocenters. The second-order valence-electron chi connectivity index (χ2n) is 10.2. The summed E-state index contributed by atoms with van der Waals surface area (Å²) in [7, 11) is 1.18. The van der Waals surface area contributed by atoms with Crippen molar-refractivity contribution in [2.75, 3.05) is 31.3 Å². The topological polar surface area (TPSA) is 186 Å². The Balaban J connectivity index is 1.45. The van der Waals surface area contributed by atoms with E-state index in [-0.39, 0.29) is 29.1 Å². The van der Waals surface area contributed by atoms with Crippen molar-refractivity contribution in [2.45, 2.75) is 12.7 Å². The van der Waals surface area contributed by atoms with Gasteiger partial charge in [-0.25, -0.2) is 14.8 Å². The van der Waals surface area contributed by atoms with E-state index >= 15 is 0 Å². The van der Waals surface area contributed by atoms with Crippen molar-refractivity contribution >= 4 is 51.4 Å². The number of fused-ring (bicyclic) bond motifs is 4. The maximum absolute atomic E-state index is 14.0. The van der Waals surface area contributed by atoms with Crippen LogP contribution in [0, 0.1) is 0 Å². The number of carbonyl (C=O) groups excluding carboxylic acids is 3. The van der Waals surface area contributed by atoms with Gasteiger partial charge >= 0.3 is 5.97 Å². The lowest BCUT2D eigenvalue weighted by atomic mass is 9.92. The number of aliphatic hydroxyl groups is 2. The van der Waals surface area contributed by atoms with Crippen LogP contribution in [0.15, 0.2) is 66.2 Å². The zero-order chi connectivity index (χ0) is 31.7. The molecule has 0 unspecified atom stereocenters. The summed E-state index contributed by atoms with van der Waals surface area (Å²) < 4.78 is 11.0. The molecule has 1 aliphatic heterocycles. The summed E-state index contributed by atoms with van der Waals surface area (Å²) in [6.45, 7) is -0.420. The number of hydrogen-bond acceptors (Lipinski definition) is 11. The number of aliphatic hydroxyl groups excluding tert-OH is 2. The van der Waals surface area contributed by atoms with Gasteiger partial charge in [0.2, 0.25) is 0 Å². The summed E-state index contributed by atoms with van der Waals surface area (Å²) in [5.41, 5.74) is 8.68. The Morgan fingerprint density at radius 1 is 1.07 bits per heavy atom. The van der Waals surface area contributed by atoms with Crippen molar-refractivity contribution in [2.24, 2.45) is 0 Å². The van der Waals surface area contributed by atoms with Crippen molar-refractivity contribution in [3.8, 4) is 27.3 Å². The average molecular weight is 626 g/mol. The van der Waals surface area contributed by atoms with Gasteiger partial charge in [-0.2, -0.15) is 0 Å². The van der Waals surface area contributed by atoms with E-state index in [1.807, 2.05) is 11.4 Å². The van der Waals surface area contributed by atoms with E-state index < -0.39 is 30.5 Å². The number of pyridine rings is 2. The summed E-state index contributed by atoms with van der Waals surface area (Å²) in [4.78, 5) is 49.1. The van der Waals surface area contributed by atoms with Gasteiger partial charge in [-0.05, 0) is 65.4 Å². The quantitative estimate of drug-likeness (QED) is 0.160. The largest absolute Gasteiger partial charge is 0.488 e. The first-order chi connectivity index (χ1) is 21.8. The van der Waals surface area contributed by atoms with Crippen molar-refractivity contribution in [1.82, 2.24) is 15.3 Å². The molecule has 45 heavy (non-hydrogen) atoms. The van der Waals surface area contributed by atoms with E-state index in [1.54, 1.807) is 42.6 Å². The van der Waals surface area contributed by atoms with Gasteiger partial charge < -0.3 is 36.1 Å². The third-order valence-corrected chi connectivity index (χ3v) is 8.29. The molecule has 3 aromatic heterocycles. The average Bonchev–Trinajstić information content (AvgIpc) is 3.55. The highest BCUT2D eigenvalue weighted by atomic mass is 32.1. The van der Waals surface area contributed by atoms with Crippen molar-refractivity contribution in [1.29, 1.82) is 0 Å². The number of methoxy groups -OCH3 is 1. The number of nitrogens with zero attached hydrogens (tertiary/aromatic N) is 2. The molecule has 228 valence electrons. The maximum Gasteiger partial charge on any atom is 0.357 e. The van der Waals surface area contributed by atoms with E-state index in [4.69, 9.17) is 20.3 Å². The Kier molecular flexibility index (Phi) is 8.13. The van der Waals surface area contributed by atoms with Gasteiger partial charge in [0.1, 0.15) is 23.9 Å². The first kappa shape index (κ1) is 29.7. The van der Waals surface area contributed by atoms with E-state index in [2.05, 4.69) is 20.6 Å². The van der Waals surface area contributed by atoms with E-state index in [0.29, 0.717) is 29.4 Å². The van der Waals surface area contributed by atoms with Crippen LogP contribution in [0.5, 0.6) is 5.75 Å². The van der Waals surface area contributed by atoms with Crippen LogP contribution < -0.4 is 21.1 Å². The highest BCUT2D eigenvalue weighted by molar-refractivity contribution is 7.13. The molecule has 0 spiro atoms. The standard InChI is InChI=1S/C32H27N5O7S/c1-43-32(42)27-21(4-5-25(37-27)31(41)35-13-19(39)14-38)22-12-26-24(28-17(15-44-26)7-9-45-28)11-23(22)30(40)36-18-2-3-20-16(10-18)6-8-34-29(20)33/h2-12,19,38-39H,13-15H2,1H3,(H2,33,34)(H,35,41)(H,36,40)/t19-/m1/s1. The molecule has 0 aliphatic carbocycles. The number of aromatic nitrogens is 2. The molecule has 0 radical (unpaired) electrons. The monoisotopic (exact) mass is 625 g/mol. The predicted octanol–water partition coefficient (Wildman–Crippen LogP) is 3.62. The maximum atomic E-state index is 14.0. The number of thiophene rings is 1. The number of benzene rings is 2. The van der Waals surface area contributed by atoms with Gasteiger partial charge in [-0.15, -0.1) is 11.3 Å². The SMILES string of the molecule is COC(=O)c1nc(C(=O)NC[C@@H](O)CO)ccc1-c1cc2c(cc1C(=O)Nc1ccc3c(N)nccc3c1)-c1sccc1CO2. The first-order valence-electron chi connectivity index (χ1n) is 13.8. The highest BCUT2D eigenvalue weighted by Crippen LogP contribution is 2.44. The number of nitrogen functional groups attached to an aromatic ring is 1. The van der Waals surface area contributed by atoms with Gasteiger partial charge in [-0.1, -0.05) is 0 Å². The number of nitrogens with one attached hydrogen (secondary N) is 2. The molecule has 2 aromatic carbocycles. The van der Waals surface area contributed by atoms with E-state index in [1.165, 1.54) is 30.6 Å². The third-order valence-electron chi connectivity index (χ3n) is 7.30. The van der Waals surface area contributed by atoms with Crippen LogP contribution in [0.25, 0.3) is 32.3 Å². The first-order valence-corrected chi connectivity index (χ1v) is 14.7. The highest BCUT2D eigenvalue weighted by Gasteiger charge is 2.27. The second kappa shape index (κ2) is 12.3. The number of esters is 1. The van der Waals surface area contributed by atoms with Crippen LogP contribution in [0.2, 0.25) is 0 Å². The fourth-order valence-corrected chi connectivity index (χ4v) is 5.96. The van der Waals surface area contributed by atoms with E-state index in [0.717, 1.165) is 26.8 Å². The van der Waals surface area contributed by atoms with E-state index in [9.17, 15) is 19.5 Å². The predicted molar refractivity (Wildman–Crippen MR) is 168 cm³/mol. The number of nitrogens with two attached hydrogens (primary N) is 1. The number of amides is 2. The van der Waals surface area contributed by atoms with Gasteiger partial charge in [-0.3, -0.25) is 9.59 Å². The number of carbonyl (C=O) groups is 3. The van der Waals surface area contributed by atoms with Gasteiger partial charge in [0.05, 0.1) is 19.8 Å². The molecular formula is C32H27N5O7S. The molecule has 0 saturated heterocycles. The van der Waals surface area contributed by atoms with Crippen LogP contribution in [0.1, 0.15) is 36.9 Å². The zero-order valence-electron chi connectivity index (χ0n) is 23.9. The summed E-state index contributed by atoms with van der Waals surface area (Å²) in [6, 6.07) is 15.3. The molecule has 4 heterocycles. The molecule has 0 saturated carbocycles. The van der Waals surface area contributed by atoms with Crippen LogP contribution in [0.4, 0.5) is 11.5 Å². The Hall–Kier alpha value is -5.37. The summed E-state index contributed by atoms with van der Waals surface area (Å²) in [5.74, 6) is -1.09. The fourth-order valence-electron chi connectivity index (χ4n) is 5.03. The van der Waals surface area contributed by atoms with Crippen LogP contribution in [0.3, 0.4) is 0 Å². The molecule has 2 amide bonds. The lowest BCUT2D eigenvalue weighted by molar-refractivity contribution is 0.0594. The third kappa shape index (κ3) is 5.79. The molecule has 1 aliphatic rings. The minimum absolute atomic E-state index is 0.127. The lowest BCUT2D eigenvalue weighted by Gasteiger charge is -2.22. The number of anilines is 2. The number of ether oxygens (including phenoxy) is 2. The van der Waals surface area contributed by atoms with Crippen LogP contribution >= 0.6 is 11.3 Å². The normalized spacial score (nSPS) is 12.4. The molecule has 12 nitrogen and oxygen atoms in total. The number of hydrogen-bond donors (Lipinski definition) is 5. The molecule has 0 fully saturated rings. The molecule has 6 rings (SSSR count). The Morgan fingerprint density at radius 2 is 1.91 bits per heavy atom. The van der Waals surface area contributed by atoms with Crippen LogP contribution in [-0.4, -0.2) is 64.3 Å². The van der Waals surface area contributed by atoms with Crippen molar-refractivity contribution < 1.29 is 34.1 Å². The van der Waals surface area contributed by atoms with Gasteiger partial charge in [0, 0.05) is 56.5 Å². The Morgan fingerprint density at radius 3 is 2.71 bits per heavy atom. The van der Waals surface area contributed by atoms with Crippen molar-refractivity contribution in [3.63, 3.8) is 0 Å². The minimum Gasteiger partial charge on any atom is -0.488 e. The molecule has 6 N–H and O–H groups in total. The smallest absolute Gasteiger partial charge is 0.357 e. The lowest BCUT2D eigenvalue weighted by Crippen LogP contribution is -2.34. The molecule has 13 heteroatoms. The molecule has 5 aromatic rings. The minimum atomic E-state index is -1.16. The van der Waals surface area contributed by atoms with Crippen LogP contribution in [-0.2, 0) is 11.3 Å². The van der Waals surface area contributed by atoms with Crippen molar-refractivity contribution in [3.05, 3.63) is 88.7 Å². The zero-order valence-corrected chi connectivity index (χ0v) is 24.7. The Bertz CT molecular complexity index is 1980. The summed E-state index contributed by atoms with van der Waals surface area (Å²) in [5, 5.41) is 27.6. The summed E-state index contributed by atoms with van der Waals surface area (Å²) >= 11 is 1.53. The van der Waals surface area contributed by atoms with Gasteiger partial charge in [0.15, 0.2) is 5.69 Å².